The number of carbonyl (C=O) groups excluding carboxylic acids is 1. The molecule has 10 heteroatoms. The van der Waals surface area contributed by atoms with Gasteiger partial charge in [-0.05, 0) is 31.0 Å². The maximum absolute atomic E-state index is 14.6. The zero-order chi connectivity index (χ0) is 21.1. The van der Waals surface area contributed by atoms with Gasteiger partial charge in [-0.25, -0.2) is 14.4 Å². The van der Waals surface area contributed by atoms with Crippen LogP contribution in [0, 0.1) is 5.82 Å². The number of imidazole rings is 1. The first-order valence-corrected chi connectivity index (χ1v) is 9.75. The number of aromatic nitrogens is 4. The first kappa shape index (κ1) is 19.8. The second kappa shape index (κ2) is 8.46. The molecule has 0 radical (unpaired) electrons. The molecule has 1 aliphatic rings. The summed E-state index contributed by atoms with van der Waals surface area (Å²) in [7, 11) is 0. The summed E-state index contributed by atoms with van der Waals surface area (Å²) in [6.45, 7) is 0. The van der Waals surface area contributed by atoms with Crippen LogP contribution in [0.1, 0.15) is 36.0 Å². The van der Waals surface area contributed by atoms with E-state index in [4.69, 9.17) is 11.5 Å². The second-order valence-electron chi connectivity index (χ2n) is 7.28. The highest BCUT2D eigenvalue weighted by Gasteiger charge is 2.23. The maximum Gasteiger partial charge on any atom is 0.254 e. The number of nitrogens with zero attached hydrogens (tertiary/aromatic N) is 4. The van der Waals surface area contributed by atoms with Crippen LogP contribution in [0.3, 0.4) is 0 Å². The minimum atomic E-state index is -0.686. The van der Waals surface area contributed by atoms with Gasteiger partial charge in [0.05, 0.1) is 12.0 Å². The van der Waals surface area contributed by atoms with Crippen molar-refractivity contribution in [3.63, 3.8) is 0 Å². The van der Waals surface area contributed by atoms with Crippen LogP contribution in [0.5, 0.6) is 0 Å². The van der Waals surface area contributed by atoms with Crippen molar-refractivity contribution in [1.29, 1.82) is 0 Å². The molecule has 0 spiro atoms. The lowest BCUT2D eigenvalue weighted by Gasteiger charge is -2.29. The third kappa shape index (κ3) is 4.23. The molecule has 1 aliphatic carbocycles. The van der Waals surface area contributed by atoms with E-state index in [1.807, 2.05) is 0 Å². The number of hydrogen-bond acceptors (Lipinski definition) is 7. The number of nitrogens with two attached hydrogens (primary N) is 2. The fourth-order valence-corrected chi connectivity index (χ4v) is 3.56. The van der Waals surface area contributed by atoms with Crippen LogP contribution in [-0.4, -0.2) is 37.5 Å². The average Bonchev–Trinajstić information content (AvgIpc) is 3.24. The van der Waals surface area contributed by atoms with Crippen LogP contribution in [-0.2, 0) is 0 Å². The van der Waals surface area contributed by atoms with Crippen molar-refractivity contribution in [2.45, 2.75) is 37.8 Å². The minimum absolute atomic E-state index is 0.0133. The molecule has 0 bridgehead atoms. The molecule has 9 nitrogen and oxygen atoms in total. The highest BCUT2D eigenvalue weighted by molar-refractivity contribution is 5.98. The van der Waals surface area contributed by atoms with Crippen molar-refractivity contribution >= 4 is 23.4 Å². The number of benzene rings is 1. The molecule has 6 N–H and O–H groups in total. The molecular weight excluding hydrogens is 387 g/mol. The van der Waals surface area contributed by atoms with Crippen LogP contribution >= 0.6 is 0 Å². The van der Waals surface area contributed by atoms with E-state index >= 15 is 0 Å². The average molecular weight is 410 g/mol. The fraction of sp³-hybridized carbons (Fsp3) is 0.300. The van der Waals surface area contributed by atoms with Crippen molar-refractivity contribution in [3.8, 4) is 5.69 Å². The number of primary amides is 1. The lowest BCUT2D eigenvalue weighted by Crippen LogP contribution is -2.43. The maximum atomic E-state index is 14.6. The summed E-state index contributed by atoms with van der Waals surface area (Å²) in [6.07, 6.45) is 10.1. The molecule has 0 unspecified atom stereocenters. The summed E-state index contributed by atoms with van der Waals surface area (Å²) < 4.78 is 16.1. The molecule has 0 aliphatic heterocycles. The van der Waals surface area contributed by atoms with E-state index < -0.39 is 11.7 Å². The number of nitrogens with one attached hydrogen (secondary N) is 2. The smallest absolute Gasteiger partial charge is 0.254 e. The fourth-order valence-electron chi connectivity index (χ4n) is 3.56. The summed E-state index contributed by atoms with van der Waals surface area (Å²) in [5.41, 5.74) is 12.5. The van der Waals surface area contributed by atoms with E-state index in [9.17, 15) is 9.18 Å². The van der Waals surface area contributed by atoms with E-state index in [-0.39, 0.29) is 23.5 Å². The van der Waals surface area contributed by atoms with Gasteiger partial charge in [0.2, 0.25) is 5.95 Å². The summed E-state index contributed by atoms with van der Waals surface area (Å²) in [5, 5.41) is 6.21. The van der Waals surface area contributed by atoms with Crippen LogP contribution < -0.4 is 22.1 Å². The largest absolute Gasteiger partial charge is 0.365 e. The summed E-state index contributed by atoms with van der Waals surface area (Å²) in [5.74, 6) is -0.618. The standard InChI is InChI=1S/C20H23FN8O/c21-14-9-12(5-6-17(14)29-8-7-24-11-29)26-19-13(18(23)30)10-25-20(28-19)27-16-4-2-1-3-15(16)22/h5-11,15-16H,1-4,22H2,(H2,23,30)(H2,25,26,27,28)/t15-,16+/m0/s1. The molecule has 1 aromatic carbocycles. The van der Waals surface area contributed by atoms with E-state index in [1.165, 1.54) is 18.6 Å². The van der Waals surface area contributed by atoms with Crippen molar-refractivity contribution in [1.82, 2.24) is 19.5 Å². The quantitative estimate of drug-likeness (QED) is 0.489. The highest BCUT2D eigenvalue weighted by atomic mass is 19.1. The van der Waals surface area contributed by atoms with E-state index in [2.05, 4.69) is 25.6 Å². The van der Waals surface area contributed by atoms with E-state index in [0.29, 0.717) is 17.3 Å². The highest BCUT2D eigenvalue weighted by Crippen LogP contribution is 2.25. The number of halogens is 1. The minimum Gasteiger partial charge on any atom is -0.365 e. The van der Waals surface area contributed by atoms with Gasteiger partial charge in [-0.2, -0.15) is 4.98 Å². The lowest BCUT2D eigenvalue weighted by molar-refractivity contribution is 0.100. The van der Waals surface area contributed by atoms with Gasteiger partial charge in [0.15, 0.2) is 0 Å². The Balaban J connectivity index is 1.59. The molecule has 1 saturated carbocycles. The van der Waals surface area contributed by atoms with Gasteiger partial charge in [-0.15, -0.1) is 0 Å². The first-order chi connectivity index (χ1) is 14.5. The van der Waals surface area contributed by atoms with Gasteiger partial charge in [-0.3, -0.25) is 4.79 Å². The van der Waals surface area contributed by atoms with Crippen molar-refractivity contribution in [2.24, 2.45) is 11.5 Å². The second-order valence-corrected chi connectivity index (χ2v) is 7.28. The molecular formula is C20H23FN8O. The Kier molecular flexibility index (Phi) is 5.57. The van der Waals surface area contributed by atoms with Crippen LogP contribution in [0.15, 0.2) is 43.1 Å². The Morgan fingerprint density at radius 2 is 2.10 bits per heavy atom. The topological polar surface area (TPSA) is 137 Å². The summed E-state index contributed by atoms with van der Waals surface area (Å²) >= 11 is 0. The SMILES string of the molecule is NC(=O)c1cnc(N[C@@H]2CCCC[C@@H]2N)nc1Nc1ccc(-n2ccnc2)c(F)c1. The Hall–Kier alpha value is -3.53. The van der Waals surface area contributed by atoms with Crippen molar-refractivity contribution in [2.75, 3.05) is 10.6 Å². The van der Waals surface area contributed by atoms with Crippen LogP contribution in [0.4, 0.5) is 21.8 Å². The normalized spacial score (nSPS) is 18.7. The van der Waals surface area contributed by atoms with Crippen LogP contribution in [0.2, 0.25) is 0 Å². The number of anilines is 3. The zero-order valence-corrected chi connectivity index (χ0v) is 16.3. The molecule has 2 aromatic heterocycles. The molecule has 2 atom stereocenters. The van der Waals surface area contributed by atoms with E-state index in [1.54, 1.807) is 29.1 Å². The summed E-state index contributed by atoms with van der Waals surface area (Å²) in [4.78, 5) is 24.3. The Morgan fingerprint density at radius 1 is 1.27 bits per heavy atom. The number of amides is 1. The molecule has 4 rings (SSSR count). The number of rotatable bonds is 6. The van der Waals surface area contributed by atoms with Gasteiger partial charge in [0, 0.05) is 36.4 Å². The third-order valence-corrected chi connectivity index (χ3v) is 5.18. The first-order valence-electron chi connectivity index (χ1n) is 9.75. The monoisotopic (exact) mass is 410 g/mol. The zero-order valence-electron chi connectivity index (χ0n) is 16.3. The van der Waals surface area contributed by atoms with Gasteiger partial charge in [0.25, 0.3) is 5.91 Å². The van der Waals surface area contributed by atoms with Gasteiger partial charge < -0.3 is 26.7 Å². The van der Waals surface area contributed by atoms with Crippen LogP contribution in [0.25, 0.3) is 5.69 Å². The Morgan fingerprint density at radius 3 is 2.80 bits per heavy atom. The molecule has 2 heterocycles. The Bertz CT molecular complexity index is 1040. The third-order valence-electron chi connectivity index (χ3n) is 5.18. The van der Waals surface area contributed by atoms with Gasteiger partial charge >= 0.3 is 0 Å². The number of carbonyl (C=O) groups is 1. The molecule has 156 valence electrons. The van der Waals surface area contributed by atoms with Gasteiger partial charge in [0.1, 0.15) is 17.2 Å². The molecule has 1 fully saturated rings. The van der Waals surface area contributed by atoms with Crippen molar-refractivity contribution < 1.29 is 9.18 Å². The van der Waals surface area contributed by atoms with Gasteiger partial charge in [-0.1, -0.05) is 12.8 Å². The predicted molar refractivity (Wildman–Crippen MR) is 111 cm³/mol. The summed E-state index contributed by atoms with van der Waals surface area (Å²) in [6, 6.07) is 4.66. The molecule has 3 aromatic rings. The van der Waals surface area contributed by atoms with Crippen molar-refractivity contribution in [3.05, 3.63) is 54.5 Å². The lowest BCUT2D eigenvalue weighted by atomic mass is 9.91. The predicted octanol–water partition coefficient (Wildman–Crippen LogP) is 2.33. The molecule has 0 saturated heterocycles. The Labute approximate surface area is 172 Å². The van der Waals surface area contributed by atoms with E-state index in [0.717, 1.165) is 25.7 Å². The molecule has 30 heavy (non-hydrogen) atoms. The number of hydrogen-bond donors (Lipinski definition) is 4. The molecule has 1 amide bonds.